The number of nitrogens with one attached hydrogen (secondary N) is 2. The monoisotopic (exact) mass is 322 g/mol. The Morgan fingerprint density at radius 3 is 2.81 bits per heavy atom. The molecule has 1 fully saturated rings. The molecular formula is C11H13BrCl2N2. The zero-order chi connectivity index (χ0) is 11.5. The highest BCUT2D eigenvalue weighted by molar-refractivity contribution is 9.10. The second-order valence-electron chi connectivity index (χ2n) is 3.91. The van der Waals surface area contributed by atoms with Crippen LogP contribution in [-0.4, -0.2) is 19.1 Å². The Labute approximate surface area is 114 Å². The third-order valence-electron chi connectivity index (χ3n) is 2.69. The SMILES string of the molecule is Clc1c(Br)ccc(NC2CCCNC2)c1Cl. The maximum absolute atomic E-state index is 6.17. The molecule has 1 saturated heterocycles. The van der Waals surface area contributed by atoms with Crippen molar-refractivity contribution in [2.24, 2.45) is 0 Å². The number of hydrogen-bond donors (Lipinski definition) is 2. The molecule has 1 aromatic rings. The lowest BCUT2D eigenvalue weighted by molar-refractivity contribution is 0.480. The van der Waals surface area contributed by atoms with E-state index in [9.17, 15) is 0 Å². The summed E-state index contributed by atoms with van der Waals surface area (Å²) in [5.74, 6) is 0. The zero-order valence-electron chi connectivity index (χ0n) is 8.69. The maximum atomic E-state index is 6.17. The largest absolute Gasteiger partial charge is 0.380 e. The summed E-state index contributed by atoms with van der Waals surface area (Å²) in [5.41, 5.74) is 0.906. The van der Waals surface area contributed by atoms with Crippen molar-refractivity contribution in [1.82, 2.24) is 5.32 Å². The van der Waals surface area contributed by atoms with Gasteiger partial charge >= 0.3 is 0 Å². The summed E-state index contributed by atoms with van der Waals surface area (Å²) >= 11 is 15.6. The zero-order valence-corrected chi connectivity index (χ0v) is 11.8. The molecule has 2 rings (SSSR count). The third kappa shape index (κ3) is 2.83. The van der Waals surface area contributed by atoms with Crippen molar-refractivity contribution in [3.05, 3.63) is 26.7 Å². The summed E-state index contributed by atoms with van der Waals surface area (Å²) in [6.45, 7) is 2.08. The highest BCUT2D eigenvalue weighted by Crippen LogP contribution is 2.36. The van der Waals surface area contributed by atoms with Crippen molar-refractivity contribution in [3.8, 4) is 0 Å². The van der Waals surface area contributed by atoms with Gasteiger partial charge in [0.1, 0.15) is 0 Å². The average Bonchev–Trinajstić information content (AvgIpc) is 2.31. The molecule has 0 bridgehead atoms. The molecule has 1 aliphatic rings. The lowest BCUT2D eigenvalue weighted by atomic mass is 10.1. The van der Waals surface area contributed by atoms with Gasteiger partial charge in [-0.3, -0.25) is 0 Å². The summed E-state index contributed by atoms with van der Waals surface area (Å²) in [4.78, 5) is 0. The highest BCUT2D eigenvalue weighted by Gasteiger charge is 2.15. The minimum Gasteiger partial charge on any atom is -0.380 e. The van der Waals surface area contributed by atoms with Crippen LogP contribution >= 0.6 is 39.1 Å². The molecule has 1 aromatic carbocycles. The molecule has 0 amide bonds. The number of piperidine rings is 1. The van der Waals surface area contributed by atoms with Gasteiger partial charge in [-0.2, -0.15) is 0 Å². The summed E-state index contributed by atoms with van der Waals surface area (Å²) in [7, 11) is 0. The first-order valence-corrected chi connectivity index (χ1v) is 6.84. The van der Waals surface area contributed by atoms with Gasteiger partial charge in [0.2, 0.25) is 0 Å². The molecule has 2 nitrogen and oxygen atoms in total. The molecule has 1 aliphatic heterocycles. The Bertz CT molecular complexity index is 378. The fourth-order valence-electron chi connectivity index (χ4n) is 1.83. The van der Waals surface area contributed by atoms with Gasteiger partial charge < -0.3 is 10.6 Å². The van der Waals surface area contributed by atoms with Gasteiger partial charge in [-0.05, 0) is 47.4 Å². The summed E-state index contributed by atoms with van der Waals surface area (Å²) in [6.07, 6.45) is 2.36. The van der Waals surface area contributed by atoms with Crippen molar-refractivity contribution in [3.63, 3.8) is 0 Å². The van der Waals surface area contributed by atoms with E-state index in [4.69, 9.17) is 23.2 Å². The minimum atomic E-state index is 0.434. The third-order valence-corrected chi connectivity index (χ3v) is 4.46. The molecule has 88 valence electrons. The topological polar surface area (TPSA) is 24.1 Å². The molecule has 0 spiro atoms. The molecule has 0 saturated carbocycles. The van der Waals surface area contributed by atoms with Gasteiger partial charge in [0, 0.05) is 17.1 Å². The maximum Gasteiger partial charge on any atom is 0.0835 e. The quantitative estimate of drug-likeness (QED) is 0.806. The van der Waals surface area contributed by atoms with Crippen LogP contribution in [0.25, 0.3) is 0 Å². The smallest absolute Gasteiger partial charge is 0.0835 e. The molecule has 1 unspecified atom stereocenters. The van der Waals surface area contributed by atoms with Crippen LogP contribution in [0.5, 0.6) is 0 Å². The van der Waals surface area contributed by atoms with E-state index in [1.54, 1.807) is 0 Å². The van der Waals surface area contributed by atoms with Gasteiger partial charge in [-0.1, -0.05) is 23.2 Å². The molecule has 1 atom stereocenters. The second-order valence-corrected chi connectivity index (χ2v) is 5.52. The summed E-state index contributed by atoms with van der Waals surface area (Å²) in [5, 5.41) is 7.92. The van der Waals surface area contributed by atoms with E-state index < -0.39 is 0 Å². The van der Waals surface area contributed by atoms with Gasteiger partial charge in [0.15, 0.2) is 0 Å². The number of anilines is 1. The summed E-state index contributed by atoms with van der Waals surface area (Å²) < 4.78 is 0.825. The second kappa shape index (κ2) is 5.58. The first-order valence-electron chi connectivity index (χ1n) is 5.29. The van der Waals surface area contributed by atoms with Crippen LogP contribution in [0.4, 0.5) is 5.69 Å². The Hall–Kier alpha value is 0.0400. The Balaban J connectivity index is 2.11. The van der Waals surface area contributed by atoms with Crippen molar-refractivity contribution in [1.29, 1.82) is 0 Å². The van der Waals surface area contributed by atoms with Crippen LogP contribution in [-0.2, 0) is 0 Å². The normalized spacial score (nSPS) is 20.8. The van der Waals surface area contributed by atoms with Crippen LogP contribution in [0.3, 0.4) is 0 Å². The van der Waals surface area contributed by atoms with E-state index in [1.165, 1.54) is 6.42 Å². The molecule has 0 aliphatic carbocycles. The van der Waals surface area contributed by atoms with E-state index in [-0.39, 0.29) is 0 Å². The molecule has 0 aromatic heterocycles. The Kier molecular flexibility index (Phi) is 4.36. The van der Waals surface area contributed by atoms with Gasteiger partial charge in [0.25, 0.3) is 0 Å². The predicted molar refractivity (Wildman–Crippen MR) is 73.7 cm³/mol. The summed E-state index contributed by atoms with van der Waals surface area (Å²) in [6, 6.07) is 4.29. The lowest BCUT2D eigenvalue weighted by Gasteiger charge is -2.25. The molecular weight excluding hydrogens is 311 g/mol. The molecule has 0 radical (unpaired) electrons. The fourth-order valence-corrected chi connectivity index (χ4v) is 2.66. The van der Waals surface area contributed by atoms with E-state index >= 15 is 0 Å². The van der Waals surface area contributed by atoms with Crippen molar-refractivity contribution >= 4 is 44.8 Å². The van der Waals surface area contributed by atoms with Crippen LogP contribution in [0, 0.1) is 0 Å². The van der Waals surface area contributed by atoms with Crippen molar-refractivity contribution in [2.75, 3.05) is 18.4 Å². The van der Waals surface area contributed by atoms with Gasteiger partial charge in [0.05, 0.1) is 15.7 Å². The Morgan fingerprint density at radius 1 is 1.31 bits per heavy atom. The molecule has 2 N–H and O–H groups in total. The molecule has 16 heavy (non-hydrogen) atoms. The lowest BCUT2D eigenvalue weighted by Crippen LogP contribution is -2.38. The van der Waals surface area contributed by atoms with E-state index in [0.717, 1.165) is 29.7 Å². The number of benzene rings is 1. The van der Waals surface area contributed by atoms with Crippen LogP contribution in [0.1, 0.15) is 12.8 Å². The van der Waals surface area contributed by atoms with E-state index in [1.807, 2.05) is 12.1 Å². The van der Waals surface area contributed by atoms with Crippen LogP contribution < -0.4 is 10.6 Å². The van der Waals surface area contributed by atoms with E-state index in [2.05, 4.69) is 26.6 Å². The minimum absolute atomic E-state index is 0.434. The Morgan fingerprint density at radius 2 is 2.12 bits per heavy atom. The fraction of sp³-hybridized carbons (Fsp3) is 0.455. The van der Waals surface area contributed by atoms with Gasteiger partial charge in [-0.25, -0.2) is 0 Å². The predicted octanol–water partition coefficient (Wildman–Crippen LogP) is 3.92. The molecule has 5 heteroatoms. The van der Waals surface area contributed by atoms with Crippen molar-refractivity contribution in [2.45, 2.75) is 18.9 Å². The molecule has 1 heterocycles. The van der Waals surface area contributed by atoms with Gasteiger partial charge in [-0.15, -0.1) is 0 Å². The number of halogens is 3. The standard InChI is InChI=1S/C11H13BrCl2N2/c12-8-3-4-9(11(14)10(8)13)16-7-2-1-5-15-6-7/h3-4,7,15-16H,1-2,5-6H2. The number of rotatable bonds is 2. The average molecular weight is 324 g/mol. The van der Waals surface area contributed by atoms with E-state index in [0.29, 0.717) is 16.1 Å². The van der Waals surface area contributed by atoms with Crippen molar-refractivity contribution < 1.29 is 0 Å². The number of hydrogen-bond acceptors (Lipinski definition) is 2. The highest BCUT2D eigenvalue weighted by atomic mass is 79.9. The first kappa shape index (κ1) is 12.5. The van der Waals surface area contributed by atoms with Crippen LogP contribution in [0.2, 0.25) is 10.0 Å². The van der Waals surface area contributed by atoms with Crippen LogP contribution in [0.15, 0.2) is 16.6 Å². The first-order chi connectivity index (χ1) is 7.68.